The van der Waals surface area contributed by atoms with Crippen LogP contribution in [0.15, 0.2) is 35.1 Å². The van der Waals surface area contributed by atoms with Crippen molar-refractivity contribution in [2.75, 3.05) is 18.4 Å². The molecule has 3 atom stereocenters. The Balaban J connectivity index is 1.33. The van der Waals surface area contributed by atoms with Crippen molar-refractivity contribution in [3.8, 4) is 0 Å². The SMILES string of the molecule is Cc1cc(CN2CC[C@H]3C[C@H](C(=O)Nc4cccnc4)O[C@H]3C2)no1. The summed E-state index contributed by atoms with van der Waals surface area (Å²) < 4.78 is 11.2. The zero-order valence-corrected chi connectivity index (χ0v) is 14.2. The Morgan fingerprint density at radius 2 is 2.40 bits per heavy atom. The summed E-state index contributed by atoms with van der Waals surface area (Å²) in [6.45, 7) is 4.48. The zero-order valence-electron chi connectivity index (χ0n) is 14.2. The summed E-state index contributed by atoms with van der Waals surface area (Å²) in [6, 6.07) is 5.59. The Labute approximate surface area is 146 Å². The molecular formula is C18H22N4O3. The first-order valence-corrected chi connectivity index (χ1v) is 8.68. The predicted octanol–water partition coefficient (Wildman–Crippen LogP) is 2.00. The fourth-order valence-corrected chi connectivity index (χ4v) is 3.69. The number of hydrogen-bond acceptors (Lipinski definition) is 6. The molecule has 2 saturated heterocycles. The van der Waals surface area contributed by atoms with Crippen molar-refractivity contribution in [1.82, 2.24) is 15.0 Å². The first-order chi connectivity index (χ1) is 12.2. The standard InChI is InChI=1S/C18H22N4O3/c1-12-7-15(21-25-12)10-22-6-4-13-8-16(24-17(13)11-22)18(23)20-14-3-2-5-19-9-14/h2-3,5,7,9,13,16-17H,4,6,8,10-11H2,1H3,(H,20,23)/t13-,16+,17-/m0/s1. The molecule has 0 spiro atoms. The number of nitrogens with zero attached hydrogens (tertiary/aromatic N) is 3. The van der Waals surface area contributed by atoms with E-state index in [-0.39, 0.29) is 18.1 Å². The zero-order chi connectivity index (χ0) is 17.2. The number of ether oxygens (including phenoxy) is 1. The Morgan fingerprint density at radius 1 is 1.48 bits per heavy atom. The van der Waals surface area contributed by atoms with Crippen LogP contribution < -0.4 is 5.32 Å². The maximum atomic E-state index is 12.4. The molecule has 7 nitrogen and oxygen atoms in total. The Morgan fingerprint density at radius 3 is 3.16 bits per heavy atom. The lowest BCUT2D eigenvalue weighted by Gasteiger charge is -2.33. The number of carbonyl (C=O) groups excluding carboxylic acids is 1. The van der Waals surface area contributed by atoms with Crippen molar-refractivity contribution in [3.63, 3.8) is 0 Å². The lowest BCUT2D eigenvalue weighted by molar-refractivity contribution is -0.127. The van der Waals surface area contributed by atoms with Crippen molar-refractivity contribution in [3.05, 3.63) is 42.0 Å². The molecule has 0 radical (unpaired) electrons. The van der Waals surface area contributed by atoms with Gasteiger partial charge in [-0.2, -0.15) is 0 Å². The second-order valence-corrected chi connectivity index (χ2v) is 6.84. The molecule has 1 amide bonds. The number of piperidine rings is 1. The molecule has 132 valence electrons. The highest BCUT2D eigenvalue weighted by atomic mass is 16.5. The Kier molecular flexibility index (Phi) is 4.50. The van der Waals surface area contributed by atoms with E-state index in [0.29, 0.717) is 11.6 Å². The second-order valence-electron chi connectivity index (χ2n) is 6.84. The number of carbonyl (C=O) groups is 1. The first kappa shape index (κ1) is 16.2. The van der Waals surface area contributed by atoms with Gasteiger partial charge in [-0.05, 0) is 44.4 Å². The highest BCUT2D eigenvalue weighted by Gasteiger charge is 2.41. The fraction of sp³-hybridized carbons (Fsp3) is 0.500. The average molecular weight is 342 g/mol. The number of amides is 1. The predicted molar refractivity (Wildman–Crippen MR) is 90.8 cm³/mol. The van der Waals surface area contributed by atoms with E-state index in [9.17, 15) is 4.79 Å². The van der Waals surface area contributed by atoms with E-state index in [1.54, 1.807) is 18.5 Å². The van der Waals surface area contributed by atoms with Gasteiger partial charge in [-0.25, -0.2) is 0 Å². The smallest absolute Gasteiger partial charge is 0.253 e. The molecule has 0 aromatic carbocycles. The van der Waals surface area contributed by atoms with Crippen LogP contribution >= 0.6 is 0 Å². The van der Waals surface area contributed by atoms with E-state index in [2.05, 4.69) is 20.4 Å². The third-order valence-corrected chi connectivity index (χ3v) is 4.92. The summed E-state index contributed by atoms with van der Waals surface area (Å²) in [7, 11) is 0. The topological polar surface area (TPSA) is 80.5 Å². The molecule has 2 aliphatic rings. The van der Waals surface area contributed by atoms with Gasteiger partial charge in [-0.1, -0.05) is 5.16 Å². The normalized spacial score (nSPS) is 26.4. The van der Waals surface area contributed by atoms with Crippen LogP contribution in [0, 0.1) is 12.8 Å². The number of pyridine rings is 1. The highest BCUT2D eigenvalue weighted by molar-refractivity contribution is 5.94. The second kappa shape index (κ2) is 6.93. The quantitative estimate of drug-likeness (QED) is 0.915. The number of aryl methyl sites for hydroxylation is 1. The monoisotopic (exact) mass is 342 g/mol. The minimum absolute atomic E-state index is 0.0823. The lowest BCUT2D eigenvalue weighted by Crippen LogP contribution is -2.42. The van der Waals surface area contributed by atoms with Crippen LogP contribution in [-0.4, -0.2) is 46.2 Å². The molecule has 4 heterocycles. The number of hydrogen-bond donors (Lipinski definition) is 1. The summed E-state index contributed by atoms with van der Waals surface area (Å²) in [4.78, 5) is 18.8. The highest BCUT2D eigenvalue weighted by Crippen LogP contribution is 2.34. The van der Waals surface area contributed by atoms with Gasteiger partial charge in [-0.3, -0.25) is 14.7 Å². The molecule has 2 fully saturated rings. The van der Waals surface area contributed by atoms with Gasteiger partial charge in [0.15, 0.2) is 0 Å². The molecule has 0 bridgehead atoms. The van der Waals surface area contributed by atoms with E-state index in [4.69, 9.17) is 9.26 Å². The van der Waals surface area contributed by atoms with Gasteiger partial charge in [-0.15, -0.1) is 0 Å². The van der Waals surface area contributed by atoms with Gasteiger partial charge >= 0.3 is 0 Å². The first-order valence-electron chi connectivity index (χ1n) is 8.68. The molecule has 7 heteroatoms. The summed E-state index contributed by atoms with van der Waals surface area (Å²) in [5, 5.41) is 6.94. The molecule has 2 aromatic heterocycles. The lowest BCUT2D eigenvalue weighted by atomic mass is 9.91. The number of likely N-dealkylation sites (tertiary alicyclic amines) is 1. The summed E-state index contributed by atoms with van der Waals surface area (Å²) in [5.74, 6) is 1.19. The van der Waals surface area contributed by atoms with Crippen LogP contribution in [0.25, 0.3) is 0 Å². The van der Waals surface area contributed by atoms with Crippen LogP contribution in [-0.2, 0) is 16.1 Å². The molecule has 0 saturated carbocycles. The molecule has 2 aliphatic heterocycles. The van der Waals surface area contributed by atoms with Crippen molar-refractivity contribution in [1.29, 1.82) is 0 Å². The van der Waals surface area contributed by atoms with Crippen LogP contribution in [0.5, 0.6) is 0 Å². The number of aromatic nitrogens is 2. The van der Waals surface area contributed by atoms with E-state index >= 15 is 0 Å². The van der Waals surface area contributed by atoms with Gasteiger partial charge in [0, 0.05) is 25.4 Å². The van der Waals surface area contributed by atoms with Gasteiger partial charge in [0.05, 0.1) is 23.7 Å². The van der Waals surface area contributed by atoms with Crippen molar-refractivity contribution in [2.24, 2.45) is 5.92 Å². The third kappa shape index (κ3) is 3.72. The maximum Gasteiger partial charge on any atom is 0.253 e. The number of anilines is 1. The average Bonchev–Trinajstić information content (AvgIpc) is 3.21. The van der Waals surface area contributed by atoms with Crippen LogP contribution in [0.1, 0.15) is 24.3 Å². The fourth-order valence-electron chi connectivity index (χ4n) is 3.69. The van der Waals surface area contributed by atoms with Gasteiger partial charge in [0.1, 0.15) is 11.9 Å². The van der Waals surface area contributed by atoms with Crippen LogP contribution in [0.4, 0.5) is 5.69 Å². The number of rotatable bonds is 4. The van der Waals surface area contributed by atoms with E-state index in [1.165, 1.54) is 0 Å². The minimum Gasteiger partial charge on any atom is -0.364 e. The molecule has 1 N–H and O–H groups in total. The Hall–Kier alpha value is -2.25. The number of fused-ring (bicyclic) bond motifs is 1. The minimum atomic E-state index is -0.385. The van der Waals surface area contributed by atoms with Crippen molar-refractivity contribution >= 4 is 11.6 Å². The van der Waals surface area contributed by atoms with Gasteiger partial charge < -0.3 is 14.6 Å². The molecule has 4 rings (SSSR count). The molecule has 0 unspecified atom stereocenters. The summed E-state index contributed by atoms with van der Waals surface area (Å²) in [5.41, 5.74) is 1.65. The number of nitrogens with one attached hydrogen (secondary N) is 1. The van der Waals surface area contributed by atoms with E-state index in [0.717, 1.165) is 43.9 Å². The third-order valence-electron chi connectivity index (χ3n) is 4.92. The van der Waals surface area contributed by atoms with Gasteiger partial charge in [0.2, 0.25) is 0 Å². The van der Waals surface area contributed by atoms with E-state index < -0.39 is 0 Å². The Bertz CT molecular complexity index is 733. The van der Waals surface area contributed by atoms with Crippen LogP contribution in [0.2, 0.25) is 0 Å². The van der Waals surface area contributed by atoms with Crippen molar-refractivity contribution < 1.29 is 14.1 Å². The van der Waals surface area contributed by atoms with E-state index in [1.807, 2.05) is 19.1 Å². The molecule has 25 heavy (non-hydrogen) atoms. The molecule has 0 aliphatic carbocycles. The molecular weight excluding hydrogens is 320 g/mol. The summed E-state index contributed by atoms with van der Waals surface area (Å²) in [6.07, 6.45) is 4.87. The largest absolute Gasteiger partial charge is 0.364 e. The molecule has 2 aromatic rings. The van der Waals surface area contributed by atoms with Crippen molar-refractivity contribution in [2.45, 2.75) is 38.5 Å². The maximum absolute atomic E-state index is 12.4. The summed E-state index contributed by atoms with van der Waals surface area (Å²) >= 11 is 0. The van der Waals surface area contributed by atoms with Gasteiger partial charge in [0.25, 0.3) is 5.91 Å². The van der Waals surface area contributed by atoms with Crippen LogP contribution in [0.3, 0.4) is 0 Å².